The summed E-state index contributed by atoms with van der Waals surface area (Å²) in [5.41, 5.74) is 2.06. The molecule has 0 radical (unpaired) electrons. The maximum Gasteiger partial charge on any atom is 0.263 e. The van der Waals surface area contributed by atoms with Crippen molar-refractivity contribution in [3.05, 3.63) is 29.8 Å². The quantitative estimate of drug-likeness (QED) is 0.660. The lowest BCUT2D eigenvalue weighted by Gasteiger charge is -2.21. The highest BCUT2D eigenvalue weighted by molar-refractivity contribution is 5.95. The third-order valence-corrected chi connectivity index (χ3v) is 4.15. The van der Waals surface area contributed by atoms with E-state index in [2.05, 4.69) is 34.3 Å². The molecule has 0 atom stereocenters. The molecule has 25 heavy (non-hydrogen) atoms. The molecule has 0 amide bonds. The van der Waals surface area contributed by atoms with Gasteiger partial charge in [0.25, 0.3) is 5.88 Å². The Balaban J connectivity index is 1.69. The summed E-state index contributed by atoms with van der Waals surface area (Å²) in [6, 6.07) is 7.05. The van der Waals surface area contributed by atoms with Crippen LogP contribution in [0, 0.1) is 0 Å². The van der Waals surface area contributed by atoms with Crippen molar-refractivity contribution in [1.29, 1.82) is 0 Å². The summed E-state index contributed by atoms with van der Waals surface area (Å²) in [7, 11) is 0. The number of carbonyl (C=O) groups excluding carboxylic acids is 1. The first kappa shape index (κ1) is 17.2. The molecule has 3 rings (SSSR count). The number of benzene rings is 1. The first-order valence-electron chi connectivity index (χ1n) is 8.43. The Morgan fingerprint density at radius 1 is 1.20 bits per heavy atom. The highest BCUT2D eigenvalue weighted by atomic mass is 16.5. The van der Waals surface area contributed by atoms with Gasteiger partial charge in [-0.25, -0.2) is 0 Å². The molecule has 0 bridgehead atoms. The molecule has 1 aromatic carbocycles. The maximum atomic E-state index is 11.5. The van der Waals surface area contributed by atoms with E-state index < -0.39 is 0 Å². The molecule has 0 aliphatic carbocycles. The zero-order valence-corrected chi connectivity index (χ0v) is 14.7. The Morgan fingerprint density at radius 3 is 2.72 bits per heavy atom. The number of nitrogens with one attached hydrogen (secondary N) is 1. The Kier molecular flexibility index (Phi) is 5.14. The topological polar surface area (TPSA) is 76.6 Å². The lowest BCUT2D eigenvalue weighted by molar-refractivity contribution is 0.101. The highest BCUT2D eigenvalue weighted by Gasteiger charge is 2.20. The normalized spacial score (nSPS) is 12.0. The molecule has 2 aromatic rings. The van der Waals surface area contributed by atoms with Gasteiger partial charge in [-0.3, -0.25) is 4.79 Å². The highest BCUT2D eigenvalue weighted by Crippen LogP contribution is 2.41. The van der Waals surface area contributed by atoms with E-state index in [1.807, 2.05) is 6.07 Å². The third kappa shape index (κ3) is 3.88. The fraction of sp³-hybridized carbons (Fsp3) is 0.389. The number of ketones is 1. The van der Waals surface area contributed by atoms with Crippen LogP contribution in [0.5, 0.6) is 17.5 Å². The van der Waals surface area contributed by atoms with Gasteiger partial charge in [-0.2, -0.15) is 0 Å². The molecule has 1 N–H and O–H groups in total. The van der Waals surface area contributed by atoms with Crippen LogP contribution in [0.25, 0.3) is 0 Å². The number of aromatic nitrogens is 2. The number of likely N-dealkylation sites (N-methyl/N-ethyl adjacent to an activating group) is 1. The van der Waals surface area contributed by atoms with E-state index in [9.17, 15) is 4.79 Å². The third-order valence-electron chi connectivity index (χ3n) is 4.15. The predicted molar refractivity (Wildman–Crippen MR) is 95.1 cm³/mol. The summed E-state index contributed by atoms with van der Waals surface area (Å²) >= 11 is 0. The number of hydrogen-bond donors (Lipinski definition) is 1. The molecular weight excluding hydrogens is 320 g/mol. The van der Waals surface area contributed by atoms with Crippen molar-refractivity contribution in [3.63, 3.8) is 0 Å². The number of rotatable bonds is 7. The van der Waals surface area contributed by atoms with Gasteiger partial charge in [0.05, 0.1) is 5.69 Å². The lowest BCUT2D eigenvalue weighted by atomic mass is 10.1. The minimum absolute atomic E-state index is 0.0137. The van der Waals surface area contributed by atoms with E-state index in [0.29, 0.717) is 35.4 Å². The van der Waals surface area contributed by atoms with Crippen LogP contribution in [0.15, 0.2) is 24.3 Å². The SMILES string of the molecule is CCN(CC)CCOc1cc2c(nn1)Oc1cc(C(C)=O)ccc1N2. The first-order valence-corrected chi connectivity index (χ1v) is 8.43. The van der Waals surface area contributed by atoms with Crippen molar-refractivity contribution in [1.82, 2.24) is 15.1 Å². The van der Waals surface area contributed by atoms with Crippen molar-refractivity contribution in [2.24, 2.45) is 0 Å². The van der Waals surface area contributed by atoms with Crippen LogP contribution in [-0.2, 0) is 0 Å². The maximum absolute atomic E-state index is 11.5. The number of nitrogens with zero attached hydrogens (tertiary/aromatic N) is 3. The van der Waals surface area contributed by atoms with Crippen LogP contribution in [0.2, 0.25) is 0 Å². The van der Waals surface area contributed by atoms with Crippen LogP contribution in [0.1, 0.15) is 31.1 Å². The van der Waals surface area contributed by atoms with E-state index >= 15 is 0 Å². The zero-order valence-electron chi connectivity index (χ0n) is 14.7. The molecule has 0 saturated heterocycles. The average molecular weight is 342 g/mol. The predicted octanol–water partition coefficient (Wildman–Crippen LogP) is 3.25. The number of Topliss-reactive ketones (excluding diaryl/α,β-unsaturated/α-hetero) is 1. The molecule has 0 saturated carbocycles. The van der Waals surface area contributed by atoms with Crippen LogP contribution >= 0.6 is 0 Å². The Morgan fingerprint density at radius 2 is 2.00 bits per heavy atom. The van der Waals surface area contributed by atoms with Crippen LogP contribution in [0.4, 0.5) is 11.4 Å². The van der Waals surface area contributed by atoms with Crippen molar-refractivity contribution >= 4 is 17.2 Å². The monoisotopic (exact) mass is 342 g/mol. The van der Waals surface area contributed by atoms with Gasteiger partial charge in [0.1, 0.15) is 12.3 Å². The van der Waals surface area contributed by atoms with Gasteiger partial charge < -0.3 is 19.7 Å². The molecule has 1 aliphatic heterocycles. The summed E-state index contributed by atoms with van der Waals surface area (Å²) in [6.07, 6.45) is 0. The number of anilines is 2. The van der Waals surface area contributed by atoms with Crippen molar-refractivity contribution in [2.75, 3.05) is 31.6 Å². The summed E-state index contributed by atoms with van der Waals surface area (Å²) in [6.45, 7) is 9.14. The van der Waals surface area contributed by atoms with Crippen LogP contribution < -0.4 is 14.8 Å². The van der Waals surface area contributed by atoms with Crippen molar-refractivity contribution < 1.29 is 14.3 Å². The summed E-state index contributed by atoms with van der Waals surface area (Å²) in [4.78, 5) is 13.8. The minimum atomic E-state index is -0.0137. The Labute approximate surface area is 147 Å². The van der Waals surface area contributed by atoms with Crippen LogP contribution in [0.3, 0.4) is 0 Å². The molecule has 7 nitrogen and oxygen atoms in total. The van der Waals surface area contributed by atoms with E-state index in [1.165, 1.54) is 6.92 Å². The molecule has 132 valence electrons. The standard InChI is InChI=1S/C18H22N4O3/c1-4-22(5-2)8-9-24-17-11-15-18(21-20-17)25-16-10-13(12(3)23)6-7-14(16)19-15/h6-7,10-11,19H,4-5,8-9H2,1-3H3. The number of hydrogen-bond acceptors (Lipinski definition) is 7. The van der Waals surface area contributed by atoms with E-state index in [-0.39, 0.29) is 5.78 Å². The molecular formula is C18H22N4O3. The van der Waals surface area contributed by atoms with Gasteiger partial charge in [0.15, 0.2) is 11.5 Å². The number of ether oxygens (including phenoxy) is 2. The summed E-state index contributed by atoms with van der Waals surface area (Å²) in [5, 5.41) is 11.4. The van der Waals surface area contributed by atoms with Crippen LogP contribution in [-0.4, -0.2) is 47.1 Å². The molecule has 0 unspecified atom stereocenters. The van der Waals surface area contributed by atoms with Gasteiger partial charge in [0, 0.05) is 18.2 Å². The second kappa shape index (κ2) is 7.48. The molecule has 1 aliphatic rings. The molecule has 2 heterocycles. The largest absolute Gasteiger partial charge is 0.475 e. The van der Waals surface area contributed by atoms with E-state index in [1.54, 1.807) is 18.2 Å². The van der Waals surface area contributed by atoms with Crippen molar-refractivity contribution in [3.8, 4) is 17.5 Å². The molecule has 0 spiro atoms. The van der Waals surface area contributed by atoms with Gasteiger partial charge in [-0.1, -0.05) is 13.8 Å². The van der Waals surface area contributed by atoms with E-state index in [0.717, 1.165) is 25.3 Å². The number of carbonyl (C=O) groups is 1. The fourth-order valence-electron chi connectivity index (χ4n) is 2.60. The summed E-state index contributed by atoms with van der Waals surface area (Å²) in [5.74, 6) is 1.36. The lowest BCUT2D eigenvalue weighted by Crippen LogP contribution is -2.28. The second-order valence-corrected chi connectivity index (χ2v) is 5.77. The average Bonchev–Trinajstić information content (AvgIpc) is 2.63. The Hall–Kier alpha value is -2.67. The minimum Gasteiger partial charge on any atom is -0.475 e. The van der Waals surface area contributed by atoms with Gasteiger partial charge in [-0.05, 0) is 38.2 Å². The fourth-order valence-corrected chi connectivity index (χ4v) is 2.60. The molecule has 0 fully saturated rings. The number of fused-ring (bicyclic) bond motifs is 2. The van der Waals surface area contributed by atoms with E-state index in [4.69, 9.17) is 9.47 Å². The van der Waals surface area contributed by atoms with Crippen molar-refractivity contribution in [2.45, 2.75) is 20.8 Å². The second-order valence-electron chi connectivity index (χ2n) is 5.77. The van der Waals surface area contributed by atoms with Gasteiger partial charge in [0.2, 0.25) is 5.88 Å². The smallest absolute Gasteiger partial charge is 0.263 e. The molecule has 7 heteroatoms. The first-order chi connectivity index (χ1) is 12.1. The van der Waals surface area contributed by atoms with Gasteiger partial charge >= 0.3 is 0 Å². The summed E-state index contributed by atoms with van der Waals surface area (Å²) < 4.78 is 11.4. The zero-order chi connectivity index (χ0) is 17.8. The Bertz CT molecular complexity index is 775. The van der Waals surface area contributed by atoms with Gasteiger partial charge in [-0.15, -0.1) is 10.2 Å². The molecule has 1 aromatic heterocycles.